The van der Waals surface area contributed by atoms with Crippen LogP contribution in [0.1, 0.15) is 37.7 Å². The standard InChI is InChI=1S/C13H16ClF2NO/c1-18-12-8(14)7-9(15)11(16)10(12)13(17)5-3-2-4-6-13/h7H,2-6,17H2,1H3. The molecule has 0 saturated heterocycles. The number of hydrogen-bond acceptors (Lipinski definition) is 2. The fraction of sp³-hybridized carbons (Fsp3) is 0.538. The first kappa shape index (κ1) is 13.6. The molecule has 5 heteroatoms. The maximum absolute atomic E-state index is 14.1. The third-order valence-electron chi connectivity index (χ3n) is 3.57. The highest BCUT2D eigenvalue weighted by molar-refractivity contribution is 6.32. The number of hydrogen-bond donors (Lipinski definition) is 1. The molecule has 2 nitrogen and oxygen atoms in total. The molecule has 1 fully saturated rings. The van der Waals surface area contributed by atoms with Crippen LogP contribution in [-0.2, 0) is 5.54 Å². The van der Waals surface area contributed by atoms with Crippen LogP contribution in [0.4, 0.5) is 8.78 Å². The summed E-state index contributed by atoms with van der Waals surface area (Å²) in [6.07, 6.45) is 4.08. The average Bonchev–Trinajstić information content (AvgIpc) is 2.34. The molecule has 0 radical (unpaired) electrons. The summed E-state index contributed by atoms with van der Waals surface area (Å²) in [7, 11) is 1.38. The summed E-state index contributed by atoms with van der Waals surface area (Å²) in [4.78, 5) is 0. The van der Waals surface area contributed by atoms with Gasteiger partial charge >= 0.3 is 0 Å². The zero-order valence-corrected chi connectivity index (χ0v) is 11.0. The van der Waals surface area contributed by atoms with E-state index in [4.69, 9.17) is 22.1 Å². The third kappa shape index (κ3) is 2.19. The minimum Gasteiger partial charge on any atom is -0.495 e. The summed E-state index contributed by atoms with van der Waals surface area (Å²) in [6.45, 7) is 0. The predicted molar refractivity (Wildman–Crippen MR) is 66.9 cm³/mol. The lowest BCUT2D eigenvalue weighted by atomic mass is 9.77. The van der Waals surface area contributed by atoms with E-state index in [0.717, 1.165) is 25.3 Å². The molecule has 0 unspecified atom stereocenters. The van der Waals surface area contributed by atoms with E-state index >= 15 is 0 Å². The summed E-state index contributed by atoms with van der Waals surface area (Å²) in [5.74, 6) is -1.77. The quantitative estimate of drug-likeness (QED) is 0.835. The Morgan fingerprint density at radius 3 is 2.44 bits per heavy atom. The van der Waals surface area contributed by atoms with Gasteiger partial charge in [-0.15, -0.1) is 0 Å². The fourth-order valence-corrected chi connectivity index (χ4v) is 2.92. The van der Waals surface area contributed by atoms with Gasteiger partial charge in [0.05, 0.1) is 17.7 Å². The van der Waals surface area contributed by atoms with Crippen molar-refractivity contribution in [1.29, 1.82) is 0 Å². The molecular weight excluding hydrogens is 260 g/mol. The second-order valence-electron chi connectivity index (χ2n) is 4.78. The van der Waals surface area contributed by atoms with Gasteiger partial charge in [-0.1, -0.05) is 30.9 Å². The Labute approximate surface area is 110 Å². The largest absolute Gasteiger partial charge is 0.495 e. The van der Waals surface area contributed by atoms with Gasteiger partial charge in [0.25, 0.3) is 0 Å². The first-order valence-electron chi connectivity index (χ1n) is 6.00. The van der Waals surface area contributed by atoms with Gasteiger partial charge in [-0.2, -0.15) is 0 Å². The summed E-state index contributed by atoms with van der Waals surface area (Å²) < 4.78 is 32.7. The number of nitrogens with two attached hydrogens (primary N) is 1. The topological polar surface area (TPSA) is 35.2 Å². The van der Waals surface area contributed by atoms with E-state index in [2.05, 4.69) is 0 Å². The van der Waals surface area contributed by atoms with Crippen molar-refractivity contribution in [2.75, 3.05) is 7.11 Å². The lowest BCUT2D eigenvalue weighted by molar-refractivity contribution is 0.275. The minimum absolute atomic E-state index is 0.0572. The van der Waals surface area contributed by atoms with Crippen LogP contribution in [0.15, 0.2) is 6.07 Å². The van der Waals surface area contributed by atoms with Crippen LogP contribution in [-0.4, -0.2) is 7.11 Å². The Hall–Kier alpha value is -0.870. The Kier molecular flexibility index (Phi) is 3.78. The zero-order valence-electron chi connectivity index (χ0n) is 10.2. The van der Waals surface area contributed by atoms with Crippen LogP contribution >= 0.6 is 11.6 Å². The Morgan fingerprint density at radius 1 is 1.28 bits per heavy atom. The van der Waals surface area contributed by atoms with Crippen LogP contribution in [0.5, 0.6) is 5.75 Å². The molecule has 1 aromatic carbocycles. The van der Waals surface area contributed by atoms with Crippen LogP contribution in [0, 0.1) is 11.6 Å². The second kappa shape index (κ2) is 5.02. The van der Waals surface area contributed by atoms with Crippen molar-refractivity contribution in [1.82, 2.24) is 0 Å². The van der Waals surface area contributed by atoms with Gasteiger partial charge in [-0.25, -0.2) is 8.78 Å². The van der Waals surface area contributed by atoms with Gasteiger partial charge in [0, 0.05) is 5.54 Å². The summed E-state index contributed by atoms with van der Waals surface area (Å²) in [5, 5.41) is 0.0572. The van der Waals surface area contributed by atoms with Crippen molar-refractivity contribution >= 4 is 11.6 Å². The first-order valence-corrected chi connectivity index (χ1v) is 6.38. The van der Waals surface area contributed by atoms with E-state index in [0.29, 0.717) is 12.8 Å². The predicted octanol–water partition coefficient (Wildman–Crippen LogP) is 3.74. The van der Waals surface area contributed by atoms with Gasteiger partial charge in [0.15, 0.2) is 11.6 Å². The summed E-state index contributed by atoms with van der Waals surface area (Å²) in [5.41, 5.74) is 5.44. The Bertz CT molecular complexity index is 459. The molecule has 0 spiro atoms. The molecule has 0 aliphatic heterocycles. The van der Waals surface area contributed by atoms with Crippen LogP contribution in [0.3, 0.4) is 0 Å². The number of benzene rings is 1. The third-order valence-corrected chi connectivity index (χ3v) is 3.86. The summed E-state index contributed by atoms with van der Waals surface area (Å²) >= 11 is 5.90. The highest BCUT2D eigenvalue weighted by Gasteiger charge is 2.37. The molecule has 0 heterocycles. The van der Waals surface area contributed by atoms with Gasteiger partial charge in [0.1, 0.15) is 5.75 Å². The first-order chi connectivity index (χ1) is 8.49. The van der Waals surface area contributed by atoms with E-state index in [1.165, 1.54) is 7.11 Å². The molecule has 1 aliphatic rings. The average molecular weight is 276 g/mol. The van der Waals surface area contributed by atoms with Crippen LogP contribution in [0.25, 0.3) is 0 Å². The molecule has 0 bridgehead atoms. The highest BCUT2D eigenvalue weighted by Crippen LogP contribution is 2.44. The molecular formula is C13H16ClF2NO. The molecule has 0 aromatic heterocycles. The van der Waals surface area contributed by atoms with Gasteiger partial charge in [-0.3, -0.25) is 0 Å². The lowest BCUT2D eigenvalue weighted by Gasteiger charge is -2.35. The minimum atomic E-state index is -0.980. The van der Waals surface area contributed by atoms with Crippen molar-refractivity contribution in [3.05, 3.63) is 28.3 Å². The number of ether oxygens (including phenoxy) is 1. The normalized spacial score (nSPS) is 18.7. The maximum atomic E-state index is 14.1. The van der Waals surface area contributed by atoms with Gasteiger partial charge < -0.3 is 10.5 Å². The van der Waals surface area contributed by atoms with Crippen molar-refractivity contribution in [2.24, 2.45) is 5.73 Å². The number of halogens is 3. The zero-order chi connectivity index (χ0) is 13.3. The molecule has 0 atom stereocenters. The molecule has 1 saturated carbocycles. The van der Waals surface area contributed by atoms with Crippen molar-refractivity contribution in [2.45, 2.75) is 37.6 Å². The number of methoxy groups -OCH3 is 1. The van der Waals surface area contributed by atoms with Gasteiger partial charge in [0.2, 0.25) is 0 Å². The van der Waals surface area contributed by atoms with E-state index in [-0.39, 0.29) is 16.3 Å². The number of rotatable bonds is 2. The molecule has 1 aromatic rings. The smallest absolute Gasteiger partial charge is 0.167 e. The van der Waals surface area contributed by atoms with Crippen molar-refractivity contribution in [3.8, 4) is 5.75 Å². The van der Waals surface area contributed by atoms with E-state index in [9.17, 15) is 8.78 Å². The monoisotopic (exact) mass is 275 g/mol. The van der Waals surface area contributed by atoms with Crippen molar-refractivity contribution < 1.29 is 13.5 Å². The van der Waals surface area contributed by atoms with E-state index < -0.39 is 17.2 Å². The van der Waals surface area contributed by atoms with E-state index in [1.54, 1.807) is 0 Å². The maximum Gasteiger partial charge on any atom is 0.167 e. The molecule has 2 rings (SSSR count). The molecule has 0 amide bonds. The summed E-state index contributed by atoms with van der Waals surface area (Å²) in [6, 6.07) is 0.922. The highest BCUT2D eigenvalue weighted by atomic mass is 35.5. The van der Waals surface area contributed by atoms with Crippen molar-refractivity contribution in [3.63, 3.8) is 0 Å². The fourth-order valence-electron chi connectivity index (χ4n) is 2.66. The molecule has 100 valence electrons. The van der Waals surface area contributed by atoms with Gasteiger partial charge in [-0.05, 0) is 18.9 Å². The Morgan fingerprint density at radius 2 is 1.89 bits per heavy atom. The lowest BCUT2D eigenvalue weighted by Crippen LogP contribution is -2.40. The molecule has 2 N–H and O–H groups in total. The van der Waals surface area contributed by atoms with Crippen LogP contribution < -0.4 is 10.5 Å². The SMILES string of the molecule is COc1c(Cl)cc(F)c(F)c1C1(N)CCCCC1. The Balaban J connectivity index is 2.60. The molecule has 1 aliphatic carbocycles. The van der Waals surface area contributed by atoms with Crippen LogP contribution in [0.2, 0.25) is 5.02 Å². The second-order valence-corrected chi connectivity index (χ2v) is 5.19. The molecule has 18 heavy (non-hydrogen) atoms. The van der Waals surface area contributed by atoms with E-state index in [1.807, 2.05) is 0 Å².